The summed E-state index contributed by atoms with van der Waals surface area (Å²) >= 11 is 0. The summed E-state index contributed by atoms with van der Waals surface area (Å²) in [5.41, 5.74) is 7.62. The maximum Gasteiger partial charge on any atom is 0.166 e. The predicted molar refractivity (Wildman–Crippen MR) is 70.1 cm³/mol. The highest BCUT2D eigenvalue weighted by Gasteiger charge is 2.23. The molecule has 0 atom stereocenters. The van der Waals surface area contributed by atoms with Gasteiger partial charge in [0.1, 0.15) is 0 Å². The Balaban J connectivity index is 2.17. The average Bonchev–Trinajstić information content (AvgIpc) is 2.40. The number of ketones is 1. The molecule has 2 N–H and O–H groups in total. The first-order valence-corrected chi connectivity index (χ1v) is 6.65. The maximum absolute atomic E-state index is 12.5. The van der Waals surface area contributed by atoms with E-state index in [1.165, 1.54) is 19.3 Å². The summed E-state index contributed by atoms with van der Waals surface area (Å²) in [6.07, 6.45) is 6.62. The molecule has 1 saturated carbocycles. The lowest BCUT2D eigenvalue weighted by molar-refractivity contribution is 0.0888. The van der Waals surface area contributed by atoms with Crippen molar-refractivity contribution in [2.75, 3.05) is 6.54 Å². The van der Waals surface area contributed by atoms with Crippen molar-refractivity contribution in [3.8, 4) is 0 Å². The summed E-state index contributed by atoms with van der Waals surface area (Å²) in [5.74, 6) is 0.594. The third kappa shape index (κ3) is 2.95. The van der Waals surface area contributed by atoms with Crippen LogP contribution in [0.2, 0.25) is 0 Å². The quantitative estimate of drug-likeness (QED) is 0.810. The average molecular weight is 231 g/mol. The van der Waals surface area contributed by atoms with E-state index in [2.05, 4.69) is 0 Å². The Morgan fingerprint density at radius 2 is 1.88 bits per heavy atom. The molecule has 0 heterocycles. The van der Waals surface area contributed by atoms with E-state index in [-0.39, 0.29) is 5.92 Å². The van der Waals surface area contributed by atoms with Crippen molar-refractivity contribution in [2.45, 2.75) is 38.5 Å². The molecule has 0 unspecified atom stereocenters. The molecule has 1 aliphatic rings. The molecule has 2 heteroatoms. The standard InChI is InChI=1S/C15H21NO/c16-11-10-12-6-4-5-9-14(12)15(17)13-7-2-1-3-8-13/h4-6,9,13H,1-3,7-8,10-11,16H2. The van der Waals surface area contributed by atoms with Gasteiger partial charge in [-0.05, 0) is 31.4 Å². The van der Waals surface area contributed by atoms with Crippen molar-refractivity contribution in [1.82, 2.24) is 0 Å². The topological polar surface area (TPSA) is 43.1 Å². The number of rotatable bonds is 4. The second-order valence-corrected chi connectivity index (χ2v) is 4.90. The van der Waals surface area contributed by atoms with Gasteiger partial charge in [0.15, 0.2) is 5.78 Å². The maximum atomic E-state index is 12.5. The van der Waals surface area contributed by atoms with Gasteiger partial charge in [-0.25, -0.2) is 0 Å². The highest BCUT2D eigenvalue weighted by atomic mass is 16.1. The Hall–Kier alpha value is -1.15. The van der Waals surface area contributed by atoms with Gasteiger partial charge >= 0.3 is 0 Å². The molecule has 0 radical (unpaired) electrons. The number of hydrogen-bond acceptors (Lipinski definition) is 2. The fourth-order valence-electron chi connectivity index (χ4n) is 2.72. The summed E-state index contributed by atoms with van der Waals surface area (Å²) < 4.78 is 0. The molecule has 92 valence electrons. The normalized spacial score (nSPS) is 17.0. The first-order chi connectivity index (χ1) is 8.33. The molecule has 0 saturated heterocycles. The van der Waals surface area contributed by atoms with Crippen LogP contribution in [-0.4, -0.2) is 12.3 Å². The molecule has 0 amide bonds. The molecule has 1 aromatic carbocycles. The zero-order chi connectivity index (χ0) is 12.1. The van der Waals surface area contributed by atoms with Crippen LogP contribution < -0.4 is 5.73 Å². The molecule has 2 rings (SSSR count). The van der Waals surface area contributed by atoms with E-state index >= 15 is 0 Å². The van der Waals surface area contributed by atoms with Crippen LogP contribution >= 0.6 is 0 Å². The van der Waals surface area contributed by atoms with Crippen molar-refractivity contribution in [1.29, 1.82) is 0 Å². The lowest BCUT2D eigenvalue weighted by Gasteiger charge is -2.21. The largest absolute Gasteiger partial charge is 0.330 e. The SMILES string of the molecule is NCCc1ccccc1C(=O)C1CCCCC1. The van der Waals surface area contributed by atoms with Gasteiger partial charge in [0.2, 0.25) is 0 Å². The van der Waals surface area contributed by atoms with Gasteiger partial charge in [-0.1, -0.05) is 43.5 Å². The number of hydrogen-bond donors (Lipinski definition) is 1. The Morgan fingerprint density at radius 1 is 1.18 bits per heavy atom. The van der Waals surface area contributed by atoms with Gasteiger partial charge in [-0.2, -0.15) is 0 Å². The summed E-state index contributed by atoms with van der Waals surface area (Å²) in [6.45, 7) is 0.606. The predicted octanol–water partition coefficient (Wildman–Crippen LogP) is 2.95. The highest BCUT2D eigenvalue weighted by Crippen LogP contribution is 2.27. The zero-order valence-corrected chi connectivity index (χ0v) is 10.3. The van der Waals surface area contributed by atoms with Gasteiger partial charge in [-0.3, -0.25) is 4.79 Å². The van der Waals surface area contributed by atoms with Crippen LogP contribution in [0, 0.1) is 5.92 Å². The van der Waals surface area contributed by atoms with E-state index < -0.39 is 0 Å². The van der Waals surface area contributed by atoms with Crippen LogP contribution in [0.15, 0.2) is 24.3 Å². The van der Waals surface area contributed by atoms with Crippen LogP contribution in [0.3, 0.4) is 0 Å². The Morgan fingerprint density at radius 3 is 2.59 bits per heavy atom. The van der Waals surface area contributed by atoms with Crippen molar-refractivity contribution in [2.24, 2.45) is 11.7 Å². The first kappa shape index (κ1) is 12.3. The fraction of sp³-hybridized carbons (Fsp3) is 0.533. The fourth-order valence-corrected chi connectivity index (χ4v) is 2.72. The zero-order valence-electron chi connectivity index (χ0n) is 10.3. The van der Waals surface area contributed by atoms with E-state index in [9.17, 15) is 4.79 Å². The minimum absolute atomic E-state index is 0.252. The van der Waals surface area contributed by atoms with Crippen molar-refractivity contribution >= 4 is 5.78 Å². The molecular weight excluding hydrogens is 210 g/mol. The van der Waals surface area contributed by atoms with E-state index in [1.54, 1.807) is 0 Å². The van der Waals surface area contributed by atoms with Gasteiger partial charge in [0.05, 0.1) is 0 Å². The monoisotopic (exact) mass is 231 g/mol. The summed E-state index contributed by atoms with van der Waals surface area (Å²) in [7, 11) is 0. The van der Waals surface area contributed by atoms with Gasteiger partial charge < -0.3 is 5.73 Å². The highest BCUT2D eigenvalue weighted by molar-refractivity contribution is 5.99. The molecule has 0 aliphatic heterocycles. The summed E-state index contributed by atoms with van der Waals surface area (Å²) in [4.78, 5) is 12.5. The molecule has 0 aromatic heterocycles. The minimum atomic E-state index is 0.252. The molecule has 2 nitrogen and oxygen atoms in total. The number of carbonyl (C=O) groups excluding carboxylic acids is 1. The van der Waals surface area contributed by atoms with Gasteiger partial charge in [0.25, 0.3) is 0 Å². The second-order valence-electron chi connectivity index (χ2n) is 4.90. The molecule has 1 aliphatic carbocycles. The number of nitrogens with two attached hydrogens (primary N) is 1. The second kappa shape index (κ2) is 5.97. The third-order valence-corrected chi connectivity index (χ3v) is 3.67. The van der Waals surface area contributed by atoms with Gasteiger partial charge in [-0.15, -0.1) is 0 Å². The van der Waals surface area contributed by atoms with E-state index in [0.717, 1.165) is 30.4 Å². The number of carbonyl (C=O) groups is 1. The van der Waals surface area contributed by atoms with Gasteiger partial charge in [0, 0.05) is 11.5 Å². The van der Waals surface area contributed by atoms with Crippen LogP contribution in [0.5, 0.6) is 0 Å². The lowest BCUT2D eigenvalue weighted by Crippen LogP contribution is -2.20. The van der Waals surface area contributed by atoms with Crippen molar-refractivity contribution < 1.29 is 4.79 Å². The number of Topliss-reactive ketones (excluding diaryl/α,β-unsaturated/α-hetero) is 1. The molecule has 17 heavy (non-hydrogen) atoms. The van der Waals surface area contributed by atoms with Crippen molar-refractivity contribution in [3.05, 3.63) is 35.4 Å². The van der Waals surface area contributed by atoms with E-state index in [4.69, 9.17) is 5.73 Å². The summed E-state index contributed by atoms with van der Waals surface area (Å²) in [6, 6.07) is 7.93. The summed E-state index contributed by atoms with van der Waals surface area (Å²) in [5, 5.41) is 0. The van der Waals surface area contributed by atoms with E-state index in [0.29, 0.717) is 12.3 Å². The molecule has 1 fully saturated rings. The molecule has 0 bridgehead atoms. The smallest absolute Gasteiger partial charge is 0.166 e. The van der Waals surface area contributed by atoms with Crippen LogP contribution in [0.4, 0.5) is 0 Å². The molecule has 1 aromatic rings. The van der Waals surface area contributed by atoms with Crippen molar-refractivity contribution in [3.63, 3.8) is 0 Å². The van der Waals surface area contributed by atoms with Crippen LogP contribution in [0.25, 0.3) is 0 Å². The Labute approximate surface area is 103 Å². The Bertz CT molecular complexity index is 380. The molecular formula is C15H21NO. The molecule has 0 spiro atoms. The minimum Gasteiger partial charge on any atom is -0.330 e. The van der Waals surface area contributed by atoms with Crippen LogP contribution in [0.1, 0.15) is 48.0 Å². The lowest BCUT2D eigenvalue weighted by atomic mass is 9.82. The number of benzene rings is 1. The Kier molecular flexibility index (Phi) is 4.32. The van der Waals surface area contributed by atoms with Crippen LogP contribution in [-0.2, 0) is 6.42 Å². The van der Waals surface area contributed by atoms with E-state index in [1.807, 2.05) is 24.3 Å². The third-order valence-electron chi connectivity index (χ3n) is 3.67. The first-order valence-electron chi connectivity index (χ1n) is 6.65.